The number of pyridine rings is 2. The van der Waals surface area contributed by atoms with Gasteiger partial charge in [-0.1, -0.05) is 17.7 Å². The number of carbonyl (C=O) groups is 1. The maximum absolute atomic E-state index is 13.7. The van der Waals surface area contributed by atoms with Crippen LogP contribution in [0.5, 0.6) is 0 Å². The first-order valence-electron chi connectivity index (χ1n) is 10.2. The van der Waals surface area contributed by atoms with Gasteiger partial charge in [-0.3, -0.25) is 15.2 Å². The highest BCUT2D eigenvalue weighted by Crippen LogP contribution is 2.31. The number of aromatic nitrogens is 2. The molecular formula is C22H25ClN6O4S. The SMILES string of the molecule is CC(C)(C)OC(=O)CN(Cc1ccncc1)S(=O)(=O)c1ccc2c(Cl)cnc(NC(=N)N)c2c1. The van der Waals surface area contributed by atoms with Crippen molar-refractivity contribution in [2.24, 2.45) is 5.73 Å². The van der Waals surface area contributed by atoms with E-state index in [2.05, 4.69) is 15.3 Å². The molecule has 2 aromatic heterocycles. The topological polar surface area (TPSA) is 151 Å². The Labute approximate surface area is 202 Å². The number of fused-ring (bicyclic) bond motifs is 1. The standard InChI is InChI=1S/C22H25ClN6O4S/c1-22(2,3)33-19(30)13-29(12-14-6-8-26-9-7-14)34(31,32)15-4-5-16-17(10-15)20(28-21(24)25)27-11-18(16)23/h4-11H,12-13H2,1-3H3,(H4,24,25,27,28). The van der Waals surface area contributed by atoms with Crippen LogP contribution in [0.4, 0.5) is 5.82 Å². The van der Waals surface area contributed by atoms with Gasteiger partial charge in [-0.2, -0.15) is 4.31 Å². The summed E-state index contributed by atoms with van der Waals surface area (Å²) in [7, 11) is -4.17. The fraction of sp³-hybridized carbons (Fsp3) is 0.273. The third-order valence-electron chi connectivity index (χ3n) is 4.54. The molecule has 0 saturated heterocycles. The van der Waals surface area contributed by atoms with Crippen LogP contribution in [-0.4, -0.2) is 46.8 Å². The molecule has 0 unspecified atom stereocenters. The summed E-state index contributed by atoms with van der Waals surface area (Å²) in [4.78, 5) is 20.5. The van der Waals surface area contributed by atoms with E-state index in [4.69, 9.17) is 27.5 Å². The number of guanidine groups is 1. The number of rotatable bonds is 7. The summed E-state index contributed by atoms with van der Waals surface area (Å²) in [6.07, 6.45) is 4.45. The van der Waals surface area contributed by atoms with Gasteiger partial charge in [0, 0.05) is 35.9 Å². The van der Waals surface area contributed by atoms with Gasteiger partial charge in [0.15, 0.2) is 5.96 Å². The second-order valence-electron chi connectivity index (χ2n) is 8.42. The summed E-state index contributed by atoms with van der Waals surface area (Å²) in [5.41, 5.74) is 5.30. The minimum Gasteiger partial charge on any atom is -0.459 e. The minimum atomic E-state index is -4.17. The summed E-state index contributed by atoms with van der Waals surface area (Å²) >= 11 is 6.23. The fourth-order valence-electron chi connectivity index (χ4n) is 3.16. The molecule has 34 heavy (non-hydrogen) atoms. The molecule has 12 heteroatoms. The summed E-state index contributed by atoms with van der Waals surface area (Å²) in [6.45, 7) is 4.55. The van der Waals surface area contributed by atoms with Crippen molar-refractivity contribution < 1.29 is 17.9 Å². The summed E-state index contributed by atoms with van der Waals surface area (Å²) in [5.74, 6) is -0.875. The molecule has 1 aromatic carbocycles. The quantitative estimate of drug-likeness (QED) is 0.252. The van der Waals surface area contributed by atoms with Gasteiger partial charge < -0.3 is 15.8 Å². The van der Waals surface area contributed by atoms with E-state index in [1.165, 1.54) is 36.8 Å². The predicted molar refractivity (Wildman–Crippen MR) is 130 cm³/mol. The van der Waals surface area contributed by atoms with Gasteiger partial charge in [0.25, 0.3) is 0 Å². The lowest BCUT2D eigenvalue weighted by Gasteiger charge is -2.25. The first-order valence-corrected chi connectivity index (χ1v) is 12.0. The molecular weight excluding hydrogens is 480 g/mol. The van der Waals surface area contributed by atoms with Crippen molar-refractivity contribution in [1.82, 2.24) is 14.3 Å². The number of hydrogen-bond donors (Lipinski definition) is 3. The number of nitrogens with zero attached hydrogens (tertiary/aromatic N) is 3. The third-order valence-corrected chi connectivity index (χ3v) is 6.62. The zero-order valence-corrected chi connectivity index (χ0v) is 20.4. The van der Waals surface area contributed by atoms with E-state index in [1.54, 1.807) is 32.9 Å². The van der Waals surface area contributed by atoms with Crippen molar-refractivity contribution in [3.63, 3.8) is 0 Å². The Hall–Kier alpha value is -3.28. The van der Waals surface area contributed by atoms with E-state index in [1.807, 2.05) is 0 Å². The van der Waals surface area contributed by atoms with Crippen LogP contribution in [0, 0.1) is 5.41 Å². The van der Waals surface area contributed by atoms with Crippen molar-refractivity contribution in [2.45, 2.75) is 37.8 Å². The maximum atomic E-state index is 13.7. The Bertz CT molecular complexity index is 1330. The molecule has 0 amide bonds. The largest absolute Gasteiger partial charge is 0.459 e. The molecule has 10 nitrogen and oxygen atoms in total. The Morgan fingerprint density at radius 1 is 1.21 bits per heavy atom. The smallest absolute Gasteiger partial charge is 0.321 e. The molecule has 0 aliphatic heterocycles. The molecule has 180 valence electrons. The fourth-order valence-corrected chi connectivity index (χ4v) is 4.77. The highest BCUT2D eigenvalue weighted by atomic mass is 35.5. The average Bonchev–Trinajstić information content (AvgIpc) is 2.74. The molecule has 0 aliphatic carbocycles. The van der Waals surface area contributed by atoms with Gasteiger partial charge in [0.1, 0.15) is 18.0 Å². The second kappa shape index (κ2) is 9.92. The zero-order valence-electron chi connectivity index (χ0n) is 18.9. The number of benzene rings is 1. The molecule has 0 fully saturated rings. The summed E-state index contributed by atoms with van der Waals surface area (Å²) in [5, 5.41) is 11.2. The van der Waals surface area contributed by atoms with Crippen LogP contribution >= 0.6 is 11.6 Å². The summed E-state index contributed by atoms with van der Waals surface area (Å²) in [6, 6.07) is 7.64. The van der Waals surface area contributed by atoms with E-state index in [9.17, 15) is 13.2 Å². The van der Waals surface area contributed by atoms with Crippen LogP contribution in [-0.2, 0) is 26.1 Å². The highest BCUT2D eigenvalue weighted by molar-refractivity contribution is 7.89. The normalized spacial score (nSPS) is 12.0. The van der Waals surface area contributed by atoms with Crippen LogP contribution in [0.3, 0.4) is 0 Å². The number of halogens is 1. The number of nitrogens with two attached hydrogens (primary N) is 1. The van der Waals surface area contributed by atoms with Gasteiger partial charge in [0.2, 0.25) is 10.0 Å². The number of carbonyl (C=O) groups excluding carboxylic acids is 1. The van der Waals surface area contributed by atoms with Gasteiger partial charge in [-0.05, 0) is 50.6 Å². The van der Waals surface area contributed by atoms with Gasteiger partial charge >= 0.3 is 5.97 Å². The van der Waals surface area contributed by atoms with Crippen LogP contribution in [0.1, 0.15) is 26.3 Å². The van der Waals surface area contributed by atoms with Crippen LogP contribution < -0.4 is 11.1 Å². The molecule has 0 atom stereocenters. The van der Waals surface area contributed by atoms with Crippen LogP contribution in [0.2, 0.25) is 5.02 Å². The maximum Gasteiger partial charge on any atom is 0.321 e. The van der Waals surface area contributed by atoms with E-state index in [-0.39, 0.29) is 23.2 Å². The van der Waals surface area contributed by atoms with Crippen molar-refractivity contribution in [3.05, 3.63) is 59.5 Å². The Morgan fingerprint density at radius 3 is 2.50 bits per heavy atom. The molecule has 0 saturated carbocycles. The third kappa shape index (κ3) is 6.19. The second-order valence-corrected chi connectivity index (χ2v) is 10.8. The first-order chi connectivity index (χ1) is 15.9. The van der Waals surface area contributed by atoms with E-state index in [0.717, 1.165) is 4.31 Å². The molecule has 0 aliphatic rings. The van der Waals surface area contributed by atoms with Crippen molar-refractivity contribution in [2.75, 3.05) is 11.9 Å². The number of anilines is 1. The van der Waals surface area contributed by atoms with Gasteiger partial charge in [-0.25, -0.2) is 13.4 Å². The molecule has 2 heterocycles. The minimum absolute atomic E-state index is 0.0749. The number of hydrogen-bond acceptors (Lipinski definition) is 7. The van der Waals surface area contributed by atoms with Gasteiger partial charge in [0.05, 0.1) is 9.92 Å². The van der Waals surface area contributed by atoms with Crippen molar-refractivity contribution in [3.8, 4) is 0 Å². The number of ether oxygens (including phenoxy) is 1. The lowest BCUT2D eigenvalue weighted by Crippen LogP contribution is -2.38. The zero-order chi connectivity index (χ0) is 25.1. The monoisotopic (exact) mass is 504 g/mol. The molecule has 0 radical (unpaired) electrons. The van der Waals surface area contributed by atoms with E-state index in [0.29, 0.717) is 21.4 Å². The lowest BCUT2D eigenvalue weighted by atomic mass is 10.1. The number of sulfonamides is 1. The van der Waals surface area contributed by atoms with E-state index >= 15 is 0 Å². The van der Waals surface area contributed by atoms with E-state index < -0.39 is 28.1 Å². The lowest BCUT2D eigenvalue weighted by molar-refractivity contribution is -0.155. The van der Waals surface area contributed by atoms with Crippen LogP contribution in [0.15, 0.2) is 53.8 Å². The Morgan fingerprint density at radius 2 is 1.88 bits per heavy atom. The highest BCUT2D eigenvalue weighted by Gasteiger charge is 2.29. The number of nitrogens with one attached hydrogen (secondary N) is 2. The number of esters is 1. The molecule has 0 spiro atoms. The molecule has 4 N–H and O–H groups in total. The first kappa shape index (κ1) is 25.3. The van der Waals surface area contributed by atoms with Crippen LogP contribution in [0.25, 0.3) is 10.8 Å². The summed E-state index contributed by atoms with van der Waals surface area (Å²) < 4.78 is 33.7. The van der Waals surface area contributed by atoms with Crippen molar-refractivity contribution in [1.29, 1.82) is 5.41 Å². The van der Waals surface area contributed by atoms with Crippen molar-refractivity contribution >= 4 is 50.1 Å². The Balaban J connectivity index is 2.07. The molecule has 3 aromatic rings. The molecule has 3 rings (SSSR count). The Kier molecular flexibility index (Phi) is 7.39. The van der Waals surface area contributed by atoms with Gasteiger partial charge in [-0.15, -0.1) is 0 Å². The molecule has 0 bridgehead atoms. The predicted octanol–water partition coefficient (Wildman–Crippen LogP) is 3.12. The average molecular weight is 505 g/mol.